The highest BCUT2D eigenvalue weighted by atomic mass is 28.3. The van der Waals surface area contributed by atoms with Crippen LogP contribution in [0.25, 0.3) is 53.9 Å². The van der Waals surface area contributed by atoms with Gasteiger partial charge in [0.1, 0.15) is 17.6 Å². The second kappa shape index (κ2) is 12.3. The zero-order valence-electron chi connectivity index (χ0n) is 27.5. The number of fused-ring (bicyclic) bond motifs is 9. The Balaban J connectivity index is 1.41. The number of rotatable bonds is 4. The molecule has 2 heteroatoms. The average Bonchev–Trinajstić information content (AvgIpc) is 2.99. The molecule has 0 atom stereocenters. The molecule has 0 aliphatic rings. The van der Waals surface area contributed by atoms with Crippen LogP contribution in [-0.2, 0) is 0 Å². The minimum absolute atomic E-state index is 0.694. The Labute approximate surface area is 267 Å². The predicted octanol–water partition coefficient (Wildman–Crippen LogP) is 11.3. The van der Waals surface area contributed by atoms with Crippen molar-refractivity contribution in [1.82, 2.24) is 0 Å². The smallest absolute Gasteiger partial charge is 0.128 e. The molecule has 0 fully saturated rings. The van der Waals surface area contributed by atoms with Crippen LogP contribution in [0.5, 0.6) is 0 Å². The van der Waals surface area contributed by atoms with Crippen molar-refractivity contribution in [1.29, 1.82) is 0 Å². The fraction of sp³-hybridized carbons (Fsp3) is 0.286. The molecule has 0 unspecified atom stereocenters. The maximum atomic E-state index is 3.70. The SMILES string of the molecule is CC(C)[SiH](C#Cc1ccc2c(ccc3c2ccc2c4ccc5cc(C#C[SiH](C(C)C)C(C)C)ccc5c4ccc32)c1)C(C)C. The highest BCUT2D eigenvalue weighted by Gasteiger charge is 2.18. The molecule has 0 heterocycles. The van der Waals surface area contributed by atoms with Crippen molar-refractivity contribution in [3.63, 3.8) is 0 Å². The Hall–Kier alpha value is -3.83. The molecule has 0 spiro atoms. The van der Waals surface area contributed by atoms with Crippen molar-refractivity contribution in [3.05, 3.63) is 96.1 Å². The van der Waals surface area contributed by atoms with Crippen LogP contribution in [-0.4, -0.2) is 17.6 Å². The van der Waals surface area contributed by atoms with E-state index < -0.39 is 17.6 Å². The molecule has 6 aromatic rings. The molecule has 0 amide bonds. The number of hydrogen-bond donors (Lipinski definition) is 0. The Morgan fingerprint density at radius 3 is 0.955 bits per heavy atom. The topological polar surface area (TPSA) is 0 Å². The van der Waals surface area contributed by atoms with Gasteiger partial charge in [-0.2, -0.15) is 0 Å². The summed E-state index contributed by atoms with van der Waals surface area (Å²) in [5, 5.41) is 13.0. The Bertz CT molecular complexity index is 1990. The van der Waals surface area contributed by atoms with Gasteiger partial charge in [-0.3, -0.25) is 0 Å². The van der Waals surface area contributed by atoms with Crippen molar-refractivity contribution in [2.75, 3.05) is 0 Å². The molecule has 0 nitrogen and oxygen atoms in total. The van der Waals surface area contributed by atoms with E-state index in [2.05, 4.69) is 163 Å². The second-order valence-electron chi connectivity index (χ2n) is 14.0. The van der Waals surface area contributed by atoms with Gasteiger partial charge in [-0.1, -0.05) is 128 Å². The fourth-order valence-corrected chi connectivity index (χ4v) is 12.3. The van der Waals surface area contributed by atoms with Gasteiger partial charge < -0.3 is 0 Å². The van der Waals surface area contributed by atoms with E-state index in [1.807, 2.05) is 0 Å². The van der Waals surface area contributed by atoms with Gasteiger partial charge in [0.25, 0.3) is 0 Å². The molecule has 0 aliphatic heterocycles. The van der Waals surface area contributed by atoms with Crippen molar-refractivity contribution in [2.45, 2.75) is 77.6 Å². The van der Waals surface area contributed by atoms with Crippen LogP contribution in [0.1, 0.15) is 66.5 Å². The molecule has 220 valence electrons. The van der Waals surface area contributed by atoms with Crippen molar-refractivity contribution in [2.24, 2.45) is 0 Å². The molecule has 0 aromatic heterocycles. The van der Waals surface area contributed by atoms with Crippen molar-refractivity contribution < 1.29 is 0 Å². The van der Waals surface area contributed by atoms with Crippen molar-refractivity contribution in [3.8, 4) is 22.9 Å². The zero-order chi connectivity index (χ0) is 31.1. The lowest BCUT2D eigenvalue weighted by Crippen LogP contribution is -2.18. The van der Waals surface area contributed by atoms with Crippen LogP contribution in [0, 0.1) is 22.9 Å². The van der Waals surface area contributed by atoms with Gasteiger partial charge in [-0.05, 0) is 100 Å². The molecule has 0 bridgehead atoms. The summed E-state index contributed by atoms with van der Waals surface area (Å²) in [4.78, 5) is 0. The Morgan fingerprint density at radius 2 is 0.636 bits per heavy atom. The predicted molar refractivity (Wildman–Crippen MR) is 202 cm³/mol. The lowest BCUT2D eigenvalue weighted by atomic mass is 9.92. The summed E-state index contributed by atoms with van der Waals surface area (Å²) in [5.41, 5.74) is 12.4. The first-order valence-corrected chi connectivity index (χ1v) is 20.2. The molecular formula is C42H44Si2. The van der Waals surface area contributed by atoms with Crippen LogP contribution in [0.4, 0.5) is 0 Å². The monoisotopic (exact) mass is 604 g/mol. The third kappa shape index (κ3) is 5.70. The fourth-order valence-electron chi connectivity index (χ4n) is 7.21. The second-order valence-corrected chi connectivity index (χ2v) is 22.0. The molecule has 0 saturated heterocycles. The molecular weight excluding hydrogens is 561 g/mol. The van der Waals surface area contributed by atoms with Gasteiger partial charge >= 0.3 is 0 Å². The third-order valence-corrected chi connectivity index (χ3v) is 16.2. The van der Waals surface area contributed by atoms with E-state index in [4.69, 9.17) is 0 Å². The molecule has 0 N–H and O–H groups in total. The van der Waals surface area contributed by atoms with Gasteiger partial charge in [0.05, 0.1) is 0 Å². The van der Waals surface area contributed by atoms with Crippen molar-refractivity contribution >= 4 is 71.5 Å². The van der Waals surface area contributed by atoms with E-state index in [-0.39, 0.29) is 0 Å². The lowest BCUT2D eigenvalue weighted by Gasteiger charge is -2.16. The summed E-state index contributed by atoms with van der Waals surface area (Å²) in [5.74, 6) is 7.08. The summed E-state index contributed by atoms with van der Waals surface area (Å²) in [6, 6.07) is 32.0. The molecule has 44 heavy (non-hydrogen) atoms. The Morgan fingerprint density at radius 1 is 0.364 bits per heavy atom. The van der Waals surface area contributed by atoms with Gasteiger partial charge in [0.15, 0.2) is 0 Å². The third-order valence-electron chi connectivity index (χ3n) is 9.47. The first-order chi connectivity index (χ1) is 21.1. The zero-order valence-corrected chi connectivity index (χ0v) is 29.9. The summed E-state index contributed by atoms with van der Waals surface area (Å²) in [6.07, 6.45) is 0. The minimum atomic E-state index is -1.10. The van der Waals surface area contributed by atoms with E-state index >= 15 is 0 Å². The Kier molecular flexibility index (Phi) is 8.43. The van der Waals surface area contributed by atoms with Crippen LogP contribution in [0.15, 0.2) is 84.9 Å². The van der Waals surface area contributed by atoms with Crippen LogP contribution in [0.2, 0.25) is 22.2 Å². The van der Waals surface area contributed by atoms with Crippen LogP contribution >= 0.6 is 0 Å². The molecule has 0 radical (unpaired) electrons. The largest absolute Gasteiger partial charge is 0.130 e. The molecule has 0 aliphatic carbocycles. The first-order valence-electron chi connectivity index (χ1n) is 16.4. The standard InChI is InChI=1S/C42H44Si2/c1-27(2)43(28(3)4)23-21-31-9-13-35-33(25-31)11-15-39-37(35)17-19-42-40-16-12-34-26-32(22-24-44(29(5)6)30(7)8)10-14-36(34)38(40)18-20-41(39)42/h9-20,25-30,43-44H,1-8H3. The van der Waals surface area contributed by atoms with Gasteiger partial charge in [0.2, 0.25) is 0 Å². The maximum Gasteiger partial charge on any atom is 0.128 e. The summed E-state index contributed by atoms with van der Waals surface area (Å²) in [7, 11) is -2.20. The van der Waals surface area contributed by atoms with E-state index in [1.54, 1.807) is 0 Å². The maximum absolute atomic E-state index is 3.70. The highest BCUT2D eigenvalue weighted by molar-refractivity contribution is 6.70. The average molecular weight is 605 g/mol. The minimum Gasteiger partial charge on any atom is -0.130 e. The van der Waals surface area contributed by atoms with E-state index in [9.17, 15) is 0 Å². The molecule has 6 rings (SSSR count). The summed E-state index contributed by atoms with van der Waals surface area (Å²) >= 11 is 0. The van der Waals surface area contributed by atoms with E-state index in [1.165, 1.54) is 53.9 Å². The van der Waals surface area contributed by atoms with E-state index in [0.29, 0.717) is 22.2 Å². The van der Waals surface area contributed by atoms with Gasteiger partial charge in [0, 0.05) is 11.1 Å². The number of benzene rings is 6. The quantitative estimate of drug-likeness (QED) is 0.107. The van der Waals surface area contributed by atoms with Crippen LogP contribution < -0.4 is 0 Å². The number of hydrogen-bond acceptors (Lipinski definition) is 0. The normalized spacial score (nSPS) is 12.0. The summed E-state index contributed by atoms with van der Waals surface area (Å²) in [6.45, 7) is 18.6. The van der Waals surface area contributed by atoms with Gasteiger partial charge in [-0.25, -0.2) is 0 Å². The molecule has 6 aromatic carbocycles. The van der Waals surface area contributed by atoms with Crippen LogP contribution in [0.3, 0.4) is 0 Å². The van der Waals surface area contributed by atoms with Gasteiger partial charge in [-0.15, -0.1) is 11.1 Å². The lowest BCUT2D eigenvalue weighted by molar-refractivity contribution is 0.954. The molecule has 0 saturated carbocycles. The first kappa shape index (κ1) is 30.2. The highest BCUT2D eigenvalue weighted by Crippen LogP contribution is 2.37. The summed E-state index contributed by atoms with van der Waals surface area (Å²) < 4.78 is 0. The van der Waals surface area contributed by atoms with E-state index in [0.717, 1.165) is 11.1 Å².